The first-order valence-corrected chi connectivity index (χ1v) is 6.34. The molecule has 1 N–H and O–H groups in total. The van der Waals surface area contributed by atoms with Crippen LogP contribution in [0.4, 0.5) is 5.69 Å². The van der Waals surface area contributed by atoms with E-state index in [1.807, 2.05) is 19.1 Å². The van der Waals surface area contributed by atoms with Gasteiger partial charge >= 0.3 is 0 Å². The Morgan fingerprint density at radius 2 is 2.26 bits per heavy atom. The highest BCUT2D eigenvalue weighted by Crippen LogP contribution is 2.32. The van der Waals surface area contributed by atoms with Crippen molar-refractivity contribution in [1.82, 2.24) is 0 Å². The lowest BCUT2D eigenvalue weighted by atomic mass is 9.94. The molecule has 1 aliphatic rings. The lowest BCUT2D eigenvalue weighted by Crippen LogP contribution is -2.37. The molecule has 19 heavy (non-hydrogen) atoms. The van der Waals surface area contributed by atoms with Gasteiger partial charge in [-0.15, -0.1) is 0 Å². The summed E-state index contributed by atoms with van der Waals surface area (Å²) in [6, 6.07) is 5.42. The third-order valence-corrected chi connectivity index (χ3v) is 3.18. The highest BCUT2D eigenvalue weighted by molar-refractivity contribution is 5.95. The van der Waals surface area contributed by atoms with E-state index in [1.165, 1.54) is 0 Å². The zero-order valence-corrected chi connectivity index (χ0v) is 11.4. The fourth-order valence-corrected chi connectivity index (χ4v) is 2.23. The molecule has 0 saturated heterocycles. The van der Waals surface area contributed by atoms with Gasteiger partial charge in [0.15, 0.2) is 0 Å². The van der Waals surface area contributed by atoms with Crippen LogP contribution in [0.2, 0.25) is 0 Å². The van der Waals surface area contributed by atoms with Crippen LogP contribution in [0.25, 0.3) is 0 Å². The molecule has 5 heteroatoms. The van der Waals surface area contributed by atoms with Gasteiger partial charge < -0.3 is 9.47 Å². The predicted molar refractivity (Wildman–Crippen MR) is 70.5 cm³/mol. The van der Waals surface area contributed by atoms with E-state index in [4.69, 9.17) is 9.47 Å². The maximum atomic E-state index is 11.7. The monoisotopic (exact) mass is 265 g/mol. The van der Waals surface area contributed by atoms with Crippen LogP contribution in [-0.4, -0.2) is 30.9 Å². The van der Waals surface area contributed by atoms with Crippen LogP contribution in [0.15, 0.2) is 18.2 Å². The number of amides is 1. The summed E-state index contributed by atoms with van der Waals surface area (Å²) < 4.78 is 10.7. The molecule has 1 heterocycles. The number of fused-ring (bicyclic) bond motifs is 1. The Labute approximate surface area is 112 Å². The second-order valence-corrected chi connectivity index (χ2v) is 4.93. The predicted octanol–water partition coefficient (Wildman–Crippen LogP) is 2.01. The van der Waals surface area contributed by atoms with Crippen molar-refractivity contribution < 1.29 is 19.5 Å². The van der Waals surface area contributed by atoms with Gasteiger partial charge in [0.2, 0.25) is 0 Å². The van der Waals surface area contributed by atoms with Crippen LogP contribution >= 0.6 is 0 Å². The lowest BCUT2D eigenvalue weighted by Gasteiger charge is -2.28. The largest absolute Gasteiger partial charge is 0.488 e. The number of hydrogen-bond donors (Lipinski definition) is 1. The number of hydrogen-bond acceptors (Lipinski definition) is 4. The van der Waals surface area contributed by atoms with Gasteiger partial charge in [0, 0.05) is 19.1 Å². The van der Waals surface area contributed by atoms with Gasteiger partial charge in [-0.25, -0.2) is 0 Å². The second-order valence-electron chi connectivity index (χ2n) is 4.93. The molecule has 2 atom stereocenters. The molecule has 0 radical (unpaired) electrons. The van der Waals surface area contributed by atoms with Crippen LogP contribution in [0.3, 0.4) is 0 Å². The standard InChI is InChI=1S/C14H19NO4/c1-9-6-11-4-5-12(19-10(2)8-18-3)7-13(11)15(17)14(9)16/h4-5,7,9-10,17H,6,8H2,1-3H3/t9-,10-/m0/s1. The summed E-state index contributed by atoms with van der Waals surface area (Å²) in [7, 11) is 1.61. The summed E-state index contributed by atoms with van der Waals surface area (Å²) in [6.45, 7) is 4.18. The van der Waals surface area contributed by atoms with Gasteiger partial charge in [-0.1, -0.05) is 13.0 Å². The van der Waals surface area contributed by atoms with Crippen LogP contribution in [0, 0.1) is 5.92 Å². The normalized spacial score (nSPS) is 20.1. The second kappa shape index (κ2) is 5.59. The Balaban J connectivity index is 2.21. The van der Waals surface area contributed by atoms with Crippen molar-refractivity contribution in [3.63, 3.8) is 0 Å². The summed E-state index contributed by atoms with van der Waals surface area (Å²) >= 11 is 0. The van der Waals surface area contributed by atoms with Gasteiger partial charge in [0.25, 0.3) is 5.91 Å². The summed E-state index contributed by atoms with van der Waals surface area (Å²) in [5.74, 6) is 0.135. The number of nitrogens with zero attached hydrogens (tertiary/aromatic N) is 1. The maximum absolute atomic E-state index is 11.7. The van der Waals surface area contributed by atoms with Crippen molar-refractivity contribution in [3.05, 3.63) is 23.8 Å². The van der Waals surface area contributed by atoms with Crippen molar-refractivity contribution >= 4 is 11.6 Å². The van der Waals surface area contributed by atoms with Gasteiger partial charge in [-0.3, -0.25) is 10.0 Å². The minimum absolute atomic E-state index is 0.0894. The van der Waals surface area contributed by atoms with Crippen molar-refractivity contribution in [2.75, 3.05) is 18.8 Å². The molecule has 5 nitrogen and oxygen atoms in total. The van der Waals surface area contributed by atoms with Crippen LogP contribution < -0.4 is 9.80 Å². The molecular formula is C14H19NO4. The molecule has 1 aromatic carbocycles. The van der Waals surface area contributed by atoms with Crippen molar-refractivity contribution in [1.29, 1.82) is 0 Å². The van der Waals surface area contributed by atoms with Gasteiger partial charge in [-0.2, -0.15) is 5.06 Å². The number of hydroxylamine groups is 1. The number of rotatable bonds is 4. The number of methoxy groups -OCH3 is 1. The third kappa shape index (κ3) is 2.88. The Hall–Kier alpha value is -1.59. The molecule has 2 rings (SSSR count). The Kier molecular flexibility index (Phi) is 4.07. The van der Waals surface area contributed by atoms with E-state index in [0.29, 0.717) is 24.5 Å². The van der Waals surface area contributed by atoms with E-state index in [0.717, 1.165) is 10.6 Å². The number of carbonyl (C=O) groups excluding carboxylic acids is 1. The highest BCUT2D eigenvalue weighted by atomic mass is 16.5. The first-order valence-electron chi connectivity index (χ1n) is 6.34. The smallest absolute Gasteiger partial charge is 0.253 e. The molecule has 1 amide bonds. The molecule has 1 aromatic rings. The fraction of sp³-hybridized carbons (Fsp3) is 0.500. The number of ether oxygens (including phenoxy) is 2. The molecular weight excluding hydrogens is 246 g/mol. The summed E-state index contributed by atoms with van der Waals surface area (Å²) in [4.78, 5) is 11.7. The van der Waals surface area contributed by atoms with Crippen molar-refractivity contribution in [3.8, 4) is 5.75 Å². The molecule has 0 aliphatic carbocycles. The molecule has 0 fully saturated rings. The zero-order chi connectivity index (χ0) is 14.0. The van der Waals surface area contributed by atoms with Crippen molar-refractivity contribution in [2.45, 2.75) is 26.4 Å². The zero-order valence-electron chi connectivity index (χ0n) is 11.4. The van der Waals surface area contributed by atoms with E-state index in [2.05, 4.69) is 0 Å². The van der Waals surface area contributed by atoms with E-state index < -0.39 is 0 Å². The molecule has 0 saturated carbocycles. The SMILES string of the molecule is COC[C@H](C)Oc1ccc2c(c1)N(O)C(=O)[C@@H](C)C2. The fourth-order valence-electron chi connectivity index (χ4n) is 2.23. The van der Waals surface area contributed by atoms with E-state index in [-0.39, 0.29) is 17.9 Å². The maximum Gasteiger partial charge on any atom is 0.253 e. The number of benzene rings is 1. The Morgan fingerprint density at radius 3 is 2.95 bits per heavy atom. The molecule has 104 valence electrons. The minimum Gasteiger partial charge on any atom is -0.488 e. The quantitative estimate of drug-likeness (QED) is 0.846. The average Bonchev–Trinajstić information content (AvgIpc) is 2.37. The number of anilines is 1. The van der Waals surface area contributed by atoms with E-state index in [1.54, 1.807) is 20.1 Å². The lowest BCUT2D eigenvalue weighted by molar-refractivity contribution is -0.127. The van der Waals surface area contributed by atoms with Gasteiger partial charge in [-0.05, 0) is 25.0 Å². The molecule has 0 spiro atoms. The summed E-state index contributed by atoms with van der Waals surface area (Å²) in [5.41, 5.74) is 1.45. The van der Waals surface area contributed by atoms with Gasteiger partial charge in [0.1, 0.15) is 11.9 Å². The van der Waals surface area contributed by atoms with E-state index >= 15 is 0 Å². The van der Waals surface area contributed by atoms with Gasteiger partial charge in [0.05, 0.1) is 12.3 Å². The average molecular weight is 265 g/mol. The third-order valence-electron chi connectivity index (χ3n) is 3.18. The molecule has 0 unspecified atom stereocenters. The molecule has 1 aliphatic heterocycles. The summed E-state index contributed by atoms with van der Waals surface area (Å²) in [5, 5.41) is 10.6. The first-order chi connectivity index (χ1) is 9.02. The van der Waals surface area contributed by atoms with Crippen LogP contribution in [-0.2, 0) is 16.0 Å². The van der Waals surface area contributed by atoms with Crippen LogP contribution in [0.5, 0.6) is 5.75 Å². The Bertz CT molecular complexity index is 475. The van der Waals surface area contributed by atoms with Crippen molar-refractivity contribution in [2.24, 2.45) is 5.92 Å². The number of carbonyl (C=O) groups is 1. The molecule has 0 bridgehead atoms. The molecule has 0 aromatic heterocycles. The highest BCUT2D eigenvalue weighted by Gasteiger charge is 2.29. The summed E-state index contributed by atoms with van der Waals surface area (Å²) in [6.07, 6.45) is 0.549. The van der Waals surface area contributed by atoms with E-state index in [9.17, 15) is 10.0 Å². The first kappa shape index (κ1) is 13.8. The topological polar surface area (TPSA) is 59.0 Å². The van der Waals surface area contributed by atoms with Crippen LogP contribution in [0.1, 0.15) is 19.4 Å². The Morgan fingerprint density at radius 1 is 1.53 bits per heavy atom. The minimum atomic E-state index is -0.283.